The van der Waals surface area contributed by atoms with E-state index >= 15 is 0 Å². The van der Waals surface area contributed by atoms with Crippen molar-refractivity contribution in [3.8, 4) is 6.07 Å². The van der Waals surface area contributed by atoms with Crippen LogP contribution < -0.4 is 4.72 Å². The minimum Gasteiger partial charge on any atom is -0.266 e. The number of nitriles is 1. The molecule has 1 aromatic heterocycles. The molecule has 0 aliphatic carbocycles. The molecule has 0 spiro atoms. The summed E-state index contributed by atoms with van der Waals surface area (Å²) in [6.07, 6.45) is 2.47. The van der Waals surface area contributed by atoms with Crippen LogP contribution in [0.1, 0.15) is 11.1 Å². The molecular weight excluding hydrogens is 300 g/mol. The lowest BCUT2D eigenvalue weighted by molar-refractivity contribution is 0.600. The number of hydrogen-bond donors (Lipinski definition) is 1. The molecule has 0 saturated carbocycles. The lowest BCUT2D eigenvalue weighted by atomic mass is 10.2. The molecule has 0 bridgehead atoms. The number of halogens is 1. The number of benzene rings is 1. The highest BCUT2D eigenvalue weighted by Crippen LogP contribution is 2.12. The van der Waals surface area contributed by atoms with Crippen LogP contribution in [0.5, 0.6) is 0 Å². The average molecular weight is 309 g/mol. The molecule has 0 amide bonds. The third kappa shape index (κ3) is 3.91. The Bertz CT molecular complexity index is 754. The van der Waals surface area contributed by atoms with Crippen molar-refractivity contribution in [2.45, 2.75) is 5.75 Å². The van der Waals surface area contributed by atoms with Crippen LogP contribution in [0, 0.1) is 11.3 Å². The van der Waals surface area contributed by atoms with Gasteiger partial charge in [-0.2, -0.15) is 5.26 Å². The number of anilines is 1. The zero-order valence-electron chi connectivity index (χ0n) is 10.1. The Morgan fingerprint density at radius 2 is 2.10 bits per heavy atom. The summed E-state index contributed by atoms with van der Waals surface area (Å²) in [4.78, 5) is 7.53. The molecule has 20 heavy (non-hydrogen) atoms. The van der Waals surface area contributed by atoms with Gasteiger partial charge in [0.25, 0.3) is 0 Å². The van der Waals surface area contributed by atoms with Crippen molar-refractivity contribution in [2.75, 3.05) is 4.72 Å². The van der Waals surface area contributed by atoms with E-state index in [1.165, 1.54) is 18.5 Å². The van der Waals surface area contributed by atoms with Gasteiger partial charge in [-0.05, 0) is 17.7 Å². The maximum atomic E-state index is 12.0. The molecule has 0 saturated heterocycles. The summed E-state index contributed by atoms with van der Waals surface area (Å²) in [6, 6.07) is 8.35. The van der Waals surface area contributed by atoms with Crippen molar-refractivity contribution in [3.63, 3.8) is 0 Å². The predicted octanol–water partition coefficient (Wildman–Crippen LogP) is 1.94. The van der Waals surface area contributed by atoms with Crippen LogP contribution in [0.15, 0.2) is 36.7 Å². The lowest BCUT2D eigenvalue weighted by Crippen LogP contribution is -2.16. The molecule has 0 aliphatic heterocycles. The Balaban J connectivity index is 2.15. The summed E-state index contributed by atoms with van der Waals surface area (Å²) in [7, 11) is -3.63. The fraction of sp³-hybridized carbons (Fsp3) is 0.0833. The molecule has 0 unspecified atom stereocenters. The SMILES string of the molecule is N#Cc1cccc(CS(=O)(=O)Nc2cnc(Cl)cn2)c1. The third-order valence-electron chi connectivity index (χ3n) is 2.29. The molecule has 1 N–H and O–H groups in total. The molecule has 2 aromatic rings. The van der Waals surface area contributed by atoms with Crippen molar-refractivity contribution in [1.82, 2.24) is 9.97 Å². The van der Waals surface area contributed by atoms with Gasteiger partial charge >= 0.3 is 0 Å². The van der Waals surface area contributed by atoms with E-state index in [4.69, 9.17) is 16.9 Å². The summed E-state index contributed by atoms with van der Waals surface area (Å²) < 4.78 is 26.2. The first-order valence-corrected chi connectivity index (χ1v) is 7.48. The van der Waals surface area contributed by atoms with Crippen molar-refractivity contribution >= 4 is 27.4 Å². The summed E-state index contributed by atoms with van der Waals surface area (Å²) in [5.74, 6) is -0.168. The number of nitrogens with zero attached hydrogens (tertiary/aromatic N) is 3. The Morgan fingerprint density at radius 1 is 1.30 bits per heavy atom. The van der Waals surface area contributed by atoms with E-state index in [2.05, 4.69) is 14.7 Å². The molecule has 0 fully saturated rings. The van der Waals surface area contributed by atoms with Crippen LogP contribution >= 0.6 is 11.6 Å². The number of aromatic nitrogens is 2. The first-order chi connectivity index (χ1) is 9.48. The number of hydrogen-bond acceptors (Lipinski definition) is 5. The molecule has 1 aromatic carbocycles. The summed E-state index contributed by atoms with van der Waals surface area (Å²) in [5, 5.41) is 8.95. The zero-order valence-corrected chi connectivity index (χ0v) is 11.7. The van der Waals surface area contributed by atoms with Crippen LogP contribution in [-0.2, 0) is 15.8 Å². The molecule has 102 valence electrons. The van der Waals surface area contributed by atoms with Crippen molar-refractivity contribution in [1.29, 1.82) is 5.26 Å². The van der Waals surface area contributed by atoms with E-state index in [0.717, 1.165) is 0 Å². The van der Waals surface area contributed by atoms with Crippen LogP contribution in [0.4, 0.5) is 5.82 Å². The van der Waals surface area contributed by atoms with Gasteiger partial charge in [0.2, 0.25) is 10.0 Å². The Morgan fingerprint density at radius 3 is 2.75 bits per heavy atom. The molecule has 2 rings (SSSR count). The second-order valence-corrected chi connectivity index (χ2v) is 6.01. The molecule has 0 radical (unpaired) electrons. The first-order valence-electron chi connectivity index (χ1n) is 5.45. The minimum absolute atomic E-state index is 0.0887. The molecule has 0 aliphatic rings. The van der Waals surface area contributed by atoms with Crippen LogP contribution in [-0.4, -0.2) is 18.4 Å². The molecule has 0 atom stereocenters. The van der Waals surface area contributed by atoms with E-state index in [-0.39, 0.29) is 16.7 Å². The standard InChI is InChI=1S/C12H9ClN4O2S/c13-11-6-16-12(7-15-11)17-20(18,19)8-10-3-1-2-9(4-10)5-14/h1-4,6-7H,8H2,(H,16,17). The highest BCUT2D eigenvalue weighted by atomic mass is 35.5. The average Bonchev–Trinajstić information content (AvgIpc) is 2.41. The number of rotatable bonds is 4. The molecule has 6 nitrogen and oxygen atoms in total. The fourth-order valence-corrected chi connectivity index (χ4v) is 2.72. The van der Waals surface area contributed by atoms with Crippen LogP contribution in [0.2, 0.25) is 5.15 Å². The van der Waals surface area contributed by atoms with Crippen LogP contribution in [0.25, 0.3) is 0 Å². The number of sulfonamides is 1. The van der Waals surface area contributed by atoms with Gasteiger partial charge in [-0.3, -0.25) is 4.72 Å². The van der Waals surface area contributed by atoms with Gasteiger partial charge in [0, 0.05) is 0 Å². The summed E-state index contributed by atoms with van der Waals surface area (Å²) >= 11 is 5.56. The van der Waals surface area contributed by atoms with Crippen molar-refractivity contribution in [3.05, 3.63) is 52.9 Å². The summed E-state index contributed by atoms with van der Waals surface area (Å²) in [5.41, 5.74) is 0.919. The van der Waals surface area contributed by atoms with Gasteiger partial charge in [0.15, 0.2) is 5.82 Å². The normalized spacial score (nSPS) is 10.8. The maximum absolute atomic E-state index is 12.0. The van der Waals surface area contributed by atoms with E-state index < -0.39 is 10.0 Å². The van der Waals surface area contributed by atoms with Gasteiger partial charge in [0.1, 0.15) is 5.15 Å². The van der Waals surface area contributed by atoms with Crippen molar-refractivity contribution in [2.24, 2.45) is 0 Å². The Kier molecular flexibility index (Phi) is 4.17. The van der Waals surface area contributed by atoms with Crippen molar-refractivity contribution < 1.29 is 8.42 Å². The molecule has 8 heteroatoms. The summed E-state index contributed by atoms with van der Waals surface area (Å²) in [6.45, 7) is 0. The van der Waals surface area contributed by atoms with E-state index in [1.807, 2.05) is 6.07 Å². The van der Waals surface area contributed by atoms with Gasteiger partial charge in [0.05, 0.1) is 29.8 Å². The third-order valence-corrected chi connectivity index (χ3v) is 3.72. The van der Waals surface area contributed by atoms with E-state index in [0.29, 0.717) is 11.1 Å². The maximum Gasteiger partial charge on any atom is 0.238 e. The Labute approximate surface area is 121 Å². The molecular formula is C12H9ClN4O2S. The smallest absolute Gasteiger partial charge is 0.238 e. The van der Waals surface area contributed by atoms with Gasteiger partial charge in [-0.15, -0.1) is 0 Å². The highest BCUT2D eigenvalue weighted by molar-refractivity contribution is 7.91. The topological polar surface area (TPSA) is 95.7 Å². The number of nitrogens with one attached hydrogen (secondary N) is 1. The van der Waals surface area contributed by atoms with E-state index in [1.54, 1.807) is 18.2 Å². The monoisotopic (exact) mass is 308 g/mol. The second kappa shape index (κ2) is 5.86. The van der Waals surface area contributed by atoms with Gasteiger partial charge in [-0.25, -0.2) is 18.4 Å². The minimum atomic E-state index is -3.63. The van der Waals surface area contributed by atoms with Gasteiger partial charge < -0.3 is 0 Å². The van der Waals surface area contributed by atoms with Gasteiger partial charge in [-0.1, -0.05) is 23.7 Å². The van der Waals surface area contributed by atoms with E-state index in [9.17, 15) is 8.42 Å². The van der Waals surface area contributed by atoms with Crippen LogP contribution in [0.3, 0.4) is 0 Å². The molecule has 1 heterocycles. The second-order valence-electron chi connectivity index (χ2n) is 3.90. The largest absolute Gasteiger partial charge is 0.266 e. The zero-order chi connectivity index (χ0) is 14.6. The predicted molar refractivity (Wildman–Crippen MR) is 74.4 cm³/mol. The quantitative estimate of drug-likeness (QED) is 0.931. The highest BCUT2D eigenvalue weighted by Gasteiger charge is 2.13. The first kappa shape index (κ1) is 14.2. The Hall–Kier alpha value is -2.17. The fourth-order valence-electron chi connectivity index (χ4n) is 1.51. The lowest BCUT2D eigenvalue weighted by Gasteiger charge is -2.07.